The Labute approximate surface area is 124 Å². The third-order valence-electron chi connectivity index (χ3n) is 3.59. The first kappa shape index (κ1) is 13.5. The molecule has 1 fully saturated rings. The molecule has 1 aromatic carbocycles. The highest BCUT2D eigenvalue weighted by Crippen LogP contribution is 2.12. The Hall–Kier alpha value is -2.43. The van der Waals surface area contributed by atoms with Gasteiger partial charge in [0.2, 0.25) is 0 Å². The van der Waals surface area contributed by atoms with E-state index in [1.165, 1.54) is 5.56 Å². The molecule has 21 heavy (non-hydrogen) atoms. The lowest BCUT2D eigenvalue weighted by atomic mass is 10.2. The van der Waals surface area contributed by atoms with Crippen LogP contribution in [0, 0.1) is 0 Å². The summed E-state index contributed by atoms with van der Waals surface area (Å²) in [5.74, 6) is 0.659. The molecule has 3 rings (SSSR count). The molecule has 0 unspecified atom stereocenters. The van der Waals surface area contributed by atoms with E-state index in [4.69, 9.17) is 0 Å². The van der Waals surface area contributed by atoms with Crippen LogP contribution in [0.3, 0.4) is 0 Å². The van der Waals surface area contributed by atoms with Crippen LogP contribution in [-0.4, -0.2) is 34.1 Å². The highest BCUT2D eigenvalue weighted by molar-refractivity contribution is 5.92. The minimum absolute atomic E-state index is 0.0189. The van der Waals surface area contributed by atoms with Crippen LogP contribution in [0.15, 0.2) is 42.5 Å². The predicted octanol–water partition coefficient (Wildman–Crippen LogP) is 2.32. The molecule has 2 heterocycles. The molecule has 2 aromatic rings. The van der Waals surface area contributed by atoms with Gasteiger partial charge in [0.05, 0.1) is 0 Å². The number of nitrogens with one attached hydrogen (secondary N) is 1. The zero-order valence-electron chi connectivity index (χ0n) is 11.8. The molecule has 1 aromatic heterocycles. The first-order chi connectivity index (χ1) is 10.3. The fraction of sp³-hybridized carbons (Fsp3) is 0.312. The van der Waals surface area contributed by atoms with Crippen molar-refractivity contribution in [2.24, 2.45) is 0 Å². The van der Waals surface area contributed by atoms with Gasteiger partial charge in [-0.3, -0.25) is 4.79 Å². The summed E-state index contributed by atoms with van der Waals surface area (Å²) in [6.07, 6.45) is 2.16. The van der Waals surface area contributed by atoms with Gasteiger partial charge in [0.1, 0.15) is 5.82 Å². The Morgan fingerprint density at radius 1 is 1.05 bits per heavy atom. The van der Waals surface area contributed by atoms with Gasteiger partial charge in [-0.1, -0.05) is 30.3 Å². The lowest BCUT2D eigenvalue weighted by Gasteiger charge is -2.14. The normalized spacial score (nSPS) is 14.2. The van der Waals surface area contributed by atoms with Crippen molar-refractivity contribution in [3.8, 4) is 0 Å². The first-order valence-electron chi connectivity index (χ1n) is 7.24. The number of carbonyl (C=O) groups is 1. The molecular weight excluding hydrogens is 264 g/mol. The lowest BCUT2D eigenvalue weighted by Crippen LogP contribution is -2.28. The summed E-state index contributed by atoms with van der Waals surface area (Å²) in [7, 11) is 0. The molecule has 5 heteroatoms. The van der Waals surface area contributed by atoms with Crippen LogP contribution in [0.1, 0.15) is 28.9 Å². The minimum atomic E-state index is -0.0189. The standard InChI is InChI=1S/C16H18N4O/c21-16(20-10-4-5-11-20)14-8-9-15(19-18-14)17-12-13-6-2-1-3-7-13/h1-3,6-9H,4-5,10-12H2,(H,17,19). The molecule has 0 aliphatic carbocycles. The van der Waals surface area contributed by atoms with Crippen molar-refractivity contribution >= 4 is 11.7 Å². The van der Waals surface area contributed by atoms with Gasteiger partial charge in [0.15, 0.2) is 5.69 Å². The van der Waals surface area contributed by atoms with Gasteiger partial charge in [-0.2, -0.15) is 0 Å². The molecule has 0 radical (unpaired) electrons. The van der Waals surface area contributed by atoms with Gasteiger partial charge < -0.3 is 10.2 Å². The van der Waals surface area contributed by atoms with Crippen molar-refractivity contribution < 1.29 is 4.79 Å². The topological polar surface area (TPSA) is 58.1 Å². The summed E-state index contributed by atoms with van der Waals surface area (Å²) >= 11 is 0. The Balaban J connectivity index is 1.60. The Bertz CT molecular complexity index is 591. The molecule has 5 nitrogen and oxygen atoms in total. The van der Waals surface area contributed by atoms with E-state index in [9.17, 15) is 4.79 Å². The van der Waals surface area contributed by atoms with Crippen molar-refractivity contribution in [2.75, 3.05) is 18.4 Å². The van der Waals surface area contributed by atoms with E-state index < -0.39 is 0 Å². The van der Waals surface area contributed by atoms with Crippen LogP contribution in [0.4, 0.5) is 5.82 Å². The molecule has 0 spiro atoms. The van der Waals surface area contributed by atoms with E-state index in [0.717, 1.165) is 25.9 Å². The lowest BCUT2D eigenvalue weighted by molar-refractivity contribution is 0.0786. The van der Waals surface area contributed by atoms with Gasteiger partial charge in [-0.25, -0.2) is 0 Å². The van der Waals surface area contributed by atoms with Gasteiger partial charge in [0, 0.05) is 19.6 Å². The second kappa shape index (κ2) is 6.35. The van der Waals surface area contributed by atoms with Crippen LogP contribution in [0.5, 0.6) is 0 Å². The average Bonchev–Trinajstić information content (AvgIpc) is 3.08. The molecule has 0 atom stereocenters. The quantitative estimate of drug-likeness (QED) is 0.935. The molecule has 1 N–H and O–H groups in total. The maximum Gasteiger partial charge on any atom is 0.274 e. The molecule has 1 aliphatic heterocycles. The van der Waals surface area contributed by atoms with Gasteiger partial charge in [-0.05, 0) is 30.5 Å². The van der Waals surface area contributed by atoms with E-state index in [2.05, 4.69) is 15.5 Å². The molecule has 1 amide bonds. The molecule has 1 saturated heterocycles. The molecule has 1 aliphatic rings. The zero-order chi connectivity index (χ0) is 14.5. The fourth-order valence-electron chi connectivity index (χ4n) is 2.41. The van der Waals surface area contributed by atoms with Crippen LogP contribution in [-0.2, 0) is 6.54 Å². The molecule has 108 valence electrons. The maximum absolute atomic E-state index is 12.1. The van der Waals surface area contributed by atoms with Crippen LogP contribution < -0.4 is 5.32 Å². The Morgan fingerprint density at radius 2 is 1.81 bits per heavy atom. The largest absolute Gasteiger partial charge is 0.365 e. The zero-order valence-corrected chi connectivity index (χ0v) is 11.8. The molecule has 0 bridgehead atoms. The summed E-state index contributed by atoms with van der Waals surface area (Å²) in [5.41, 5.74) is 1.60. The molecule has 0 saturated carbocycles. The first-order valence-corrected chi connectivity index (χ1v) is 7.24. The number of carbonyl (C=O) groups excluding carboxylic acids is 1. The van der Waals surface area contributed by atoms with E-state index in [0.29, 0.717) is 18.1 Å². The van der Waals surface area contributed by atoms with Crippen LogP contribution in [0.2, 0.25) is 0 Å². The highest BCUT2D eigenvalue weighted by Gasteiger charge is 2.20. The minimum Gasteiger partial charge on any atom is -0.365 e. The summed E-state index contributed by atoms with van der Waals surface area (Å²) in [6, 6.07) is 13.6. The monoisotopic (exact) mass is 282 g/mol. The molecular formula is C16H18N4O. The number of rotatable bonds is 4. The number of likely N-dealkylation sites (tertiary alicyclic amines) is 1. The van der Waals surface area contributed by atoms with Crippen molar-refractivity contribution in [3.63, 3.8) is 0 Å². The number of benzene rings is 1. The summed E-state index contributed by atoms with van der Waals surface area (Å²) in [4.78, 5) is 14.0. The van der Waals surface area contributed by atoms with Crippen molar-refractivity contribution in [3.05, 3.63) is 53.7 Å². The summed E-state index contributed by atoms with van der Waals surface area (Å²) in [5, 5.41) is 11.3. The number of hydrogen-bond donors (Lipinski definition) is 1. The van der Waals surface area contributed by atoms with Crippen molar-refractivity contribution in [1.29, 1.82) is 0 Å². The number of aromatic nitrogens is 2. The second-order valence-electron chi connectivity index (χ2n) is 5.14. The second-order valence-corrected chi connectivity index (χ2v) is 5.14. The number of anilines is 1. The highest BCUT2D eigenvalue weighted by atomic mass is 16.2. The SMILES string of the molecule is O=C(c1ccc(NCc2ccccc2)nn1)N1CCCC1. The van der Waals surface area contributed by atoms with Gasteiger partial charge in [-0.15, -0.1) is 10.2 Å². The Morgan fingerprint density at radius 3 is 2.48 bits per heavy atom. The van der Waals surface area contributed by atoms with Gasteiger partial charge >= 0.3 is 0 Å². The summed E-state index contributed by atoms with van der Waals surface area (Å²) in [6.45, 7) is 2.35. The van der Waals surface area contributed by atoms with Crippen LogP contribution in [0.25, 0.3) is 0 Å². The van der Waals surface area contributed by atoms with E-state index in [1.807, 2.05) is 35.2 Å². The third-order valence-corrected chi connectivity index (χ3v) is 3.59. The van der Waals surface area contributed by atoms with E-state index in [-0.39, 0.29) is 5.91 Å². The maximum atomic E-state index is 12.1. The van der Waals surface area contributed by atoms with E-state index >= 15 is 0 Å². The fourth-order valence-corrected chi connectivity index (χ4v) is 2.41. The van der Waals surface area contributed by atoms with Crippen molar-refractivity contribution in [1.82, 2.24) is 15.1 Å². The summed E-state index contributed by atoms with van der Waals surface area (Å²) < 4.78 is 0. The third kappa shape index (κ3) is 3.37. The number of nitrogens with zero attached hydrogens (tertiary/aromatic N) is 3. The van der Waals surface area contributed by atoms with Crippen LogP contribution >= 0.6 is 0 Å². The van der Waals surface area contributed by atoms with E-state index in [1.54, 1.807) is 12.1 Å². The number of hydrogen-bond acceptors (Lipinski definition) is 4. The average molecular weight is 282 g/mol. The predicted molar refractivity (Wildman–Crippen MR) is 80.9 cm³/mol. The Kier molecular flexibility index (Phi) is 4.09. The smallest absolute Gasteiger partial charge is 0.274 e. The van der Waals surface area contributed by atoms with Gasteiger partial charge in [0.25, 0.3) is 5.91 Å². The van der Waals surface area contributed by atoms with Crippen molar-refractivity contribution in [2.45, 2.75) is 19.4 Å². The number of amides is 1.